The minimum atomic E-state index is -0.433. The SMILES string of the molecule is CC(C)(C)C1CCC(C#N)(NNc2ccccc2)CC1. The summed E-state index contributed by atoms with van der Waals surface area (Å²) >= 11 is 0. The van der Waals surface area contributed by atoms with Crippen LogP contribution < -0.4 is 10.9 Å². The van der Waals surface area contributed by atoms with Gasteiger partial charge in [-0.1, -0.05) is 39.0 Å². The van der Waals surface area contributed by atoms with Crippen LogP contribution in [0, 0.1) is 22.7 Å². The summed E-state index contributed by atoms with van der Waals surface area (Å²) in [6.45, 7) is 6.89. The molecule has 1 aliphatic rings. The van der Waals surface area contributed by atoms with Crippen molar-refractivity contribution in [3.63, 3.8) is 0 Å². The normalized spacial score (nSPS) is 26.8. The fraction of sp³-hybridized carbons (Fsp3) is 0.588. The molecule has 20 heavy (non-hydrogen) atoms. The average Bonchev–Trinajstić information content (AvgIpc) is 2.46. The van der Waals surface area contributed by atoms with Crippen LogP contribution in [0.2, 0.25) is 0 Å². The maximum absolute atomic E-state index is 9.56. The van der Waals surface area contributed by atoms with E-state index in [0.717, 1.165) is 31.4 Å². The van der Waals surface area contributed by atoms with Gasteiger partial charge in [-0.2, -0.15) is 5.26 Å². The monoisotopic (exact) mass is 271 g/mol. The number of nitrogens with one attached hydrogen (secondary N) is 2. The van der Waals surface area contributed by atoms with Gasteiger partial charge in [0, 0.05) is 5.69 Å². The van der Waals surface area contributed by atoms with E-state index in [9.17, 15) is 5.26 Å². The molecule has 1 aromatic rings. The van der Waals surface area contributed by atoms with Crippen molar-refractivity contribution in [2.75, 3.05) is 5.43 Å². The third-order valence-corrected chi connectivity index (χ3v) is 4.50. The summed E-state index contributed by atoms with van der Waals surface area (Å²) in [6.07, 6.45) is 4.04. The smallest absolute Gasteiger partial charge is 0.123 e. The number of benzene rings is 1. The van der Waals surface area contributed by atoms with Gasteiger partial charge in [0.25, 0.3) is 0 Å². The minimum Gasteiger partial charge on any atom is -0.320 e. The van der Waals surface area contributed by atoms with Crippen molar-refractivity contribution < 1.29 is 0 Å². The number of hydrazine groups is 1. The van der Waals surface area contributed by atoms with Gasteiger partial charge in [0.1, 0.15) is 5.54 Å². The molecule has 2 rings (SSSR count). The second-order valence-corrected chi connectivity index (χ2v) is 6.95. The quantitative estimate of drug-likeness (QED) is 0.814. The maximum atomic E-state index is 9.56. The highest BCUT2D eigenvalue weighted by Crippen LogP contribution is 2.41. The van der Waals surface area contributed by atoms with Crippen LogP contribution in [0.3, 0.4) is 0 Å². The number of nitriles is 1. The van der Waals surface area contributed by atoms with E-state index >= 15 is 0 Å². The second-order valence-electron chi connectivity index (χ2n) is 6.95. The summed E-state index contributed by atoms with van der Waals surface area (Å²) in [4.78, 5) is 0. The average molecular weight is 271 g/mol. The van der Waals surface area contributed by atoms with Crippen LogP contribution in [0.1, 0.15) is 46.5 Å². The van der Waals surface area contributed by atoms with Crippen LogP contribution in [0.25, 0.3) is 0 Å². The van der Waals surface area contributed by atoms with Gasteiger partial charge in [-0.25, -0.2) is 5.43 Å². The zero-order chi connectivity index (χ0) is 14.6. The summed E-state index contributed by atoms with van der Waals surface area (Å²) in [7, 11) is 0. The molecule has 0 heterocycles. The Kier molecular flexibility index (Phi) is 4.35. The van der Waals surface area contributed by atoms with E-state index in [1.807, 2.05) is 30.3 Å². The third kappa shape index (κ3) is 3.52. The molecule has 0 aliphatic heterocycles. The number of nitrogens with zero attached hydrogens (tertiary/aromatic N) is 1. The van der Waals surface area contributed by atoms with Gasteiger partial charge in [0.05, 0.1) is 6.07 Å². The lowest BCUT2D eigenvalue weighted by molar-refractivity contribution is 0.142. The van der Waals surface area contributed by atoms with E-state index in [4.69, 9.17) is 0 Å². The van der Waals surface area contributed by atoms with Gasteiger partial charge in [-0.15, -0.1) is 0 Å². The van der Waals surface area contributed by atoms with Gasteiger partial charge < -0.3 is 5.43 Å². The first-order valence-corrected chi connectivity index (χ1v) is 7.45. The molecule has 0 amide bonds. The highest BCUT2D eigenvalue weighted by atomic mass is 15.4. The van der Waals surface area contributed by atoms with Crippen molar-refractivity contribution in [3.8, 4) is 6.07 Å². The van der Waals surface area contributed by atoms with E-state index in [-0.39, 0.29) is 0 Å². The summed E-state index contributed by atoms with van der Waals surface area (Å²) in [5.41, 5.74) is 7.36. The molecule has 0 bridgehead atoms. The zero-order valence-electron chi connectivity index (χ0n) is 12.7. The molecule has 0 atom stereocenters. The first-order chi connectivity index (χ1) is 9.45. The van der Waals surface area contributed by atoms with Crippen LogP contribution in [-0.2, 0) is 0 Å². The maximum Gasteiger partial charge on any atom is 0.123 e. The fourth-order valence-electron chi connectivity index (χ4n) is 2.95. The summed E-state index contributed by atoms with van der Waals surface area (Å²) in [5, 5.41) is 9.56. The van der Waals surface area contributed by atoms with Crippen LogP contribution in [-0.4, -0.2) is 5.54 Å². The molecule has 0 spiro atoms. The fourth-order valence-corrected chi connectivity index (χ4v) is 2.95. The van der Waals surface area contributed by atoms with E-state index in [2.05, 4.69) is 37.7 Å². The Morgan fingerprint density at radius 1 is 1.15 bits per heavy atom. The van der Waals surface area contributed by atoms with Crippen molar-refractivity contribution >= 4 is 5.69 Å². The first kappa shape index (κ1) is 14.9. The Labute approximate surface area is 122 Å². The van der Waals surface area contributed by atoms with E-state index in [1.165, 1.54) is 0 Å². The lowest BCUT2D eigenvalue weighted by Gasteiger charge is -2.41. The molecule has 1 aromatic carbocycles. The molecule has 0 radical (unpaired) electrons. The molecule has 3 nitrogen and oxygen atoms in total. The predicted octanol–water partition coefficient (Wildman–Crippen LogP) is 4.10. The van der Waals surface area contributed by atoms with Gasteiger partial charge >= 0.3 is 0 Å². The molecule has 108 valence electrons. The third-order valence-electron chi connectivity index (χ3n) is 4.50. The van der Waals surface area contributed by atoms with Gasteiger partial charge in [0.15, 0.2) is 0 Å². The Morgan fingerprint density at radius 3 is 2.25 bits per heavy atom. The van der Waals surface area contributed by atoms with Crippen LogP contribution in [0.4, 0.5) is 5.69 Å². The van der Waals surface area contributed by atoms with Gasteiger partial charge in [0.2, 0.25) is 0 Å². The van der Waals surface area contributed by atoms with Gasteiger partial charge in [-0.3, -0.25) is 0 Å². The molecular formula is C17H25N3. The molecule has 1 aliphatic carbocycles. The Balaban J connectivity index is 1.94. The van der Waals surface area contributed by atoms with Crippen LogP contribution in [0.15, 0.2) is 30.3 Å². The van der Waals surface area contributed by atoms with Gasteiger partial charge in [-0.05, 0) is 49.1 Å². The number of rotatable bonds is 3. The molecule has 0 unspecified atom stereocenters. The Morgan fingerprint density at radius 2 is 1.75 bits per heavy atom. The number of hydrogen-bond acceptors (Lipinski definition) is 3. The molecule has 3 heteroatoms. The summed E-state index contributed by atoms with van der Waals surface area (Å²) in [5.74, 6) is 0.711. The van der Waals surface area contributed by atoms with Crippen LogP contribution in [0.5, 0.6) is 0 Å². The largest absolute Gasteiger partial charge is 0.320 e. The lowest BCUT2D eigenvalue weighted by Crippen LogP contribution is -2.50. The van der Waals surface area contributed by atoms with E-state index in [0.29, 0.717) is 11.3 Å². The second kappa shape index (κ2) is 5.85. The predicted molar refractivity (Wildman–Crippen MR) is 83.0 cm³/mol. The number of anilines is 1. The van der Waals surface area contributed by atoms with Crippen molar-refractivity contribution in [3.05, 3.63) is 30.3 Å². The van der Waals surface area contributed by atoms with E-state index < -0.39 is 5.54 Å². The molecular weight excluding hydrogens is 246 g/mol. The number of hydrogen-bond donors (Lipinski definition) is 2. The molecule has 2 N–H and O–H groups in total. The highest BCUT2D eigenvalue weighted by molar-refractivity contribution is 5.42. The van der Waals surface area contributed by atoms with Crippen molar-refractivity contribution in [2.45, 2.75) is 52.0 Å². The Bertz CT molecular complexity index is 459. The molecule has 0 saturated heterocycles. The standard InChI is InChI=1S/C17H25N3/c1-16(2,3)14-9-11-17(13-18,12-10-14)20-19-15-7-5-4-6-8-15/h4-8,14,19-20H,9-12H2,1-3H3. The minimum absolute atomic E-state index is 0.342. The van der Waals surface area contributed by atoms with Crippen LogP contribution >= 0.6 is 0 Å². The summed E-state index contributed by atoms with van der Waals surface area (Å²) < 4.78 is 0. The van der Waals surface area contributed by atoms with E-state index in [1.54, 1.807) is 0 Å². The zero-order valence-corrected chi connectivity index (χ0v) is 12.7. The highest BCUT2D eigenvalue weighted by Gasteiger charge is 2.38. The number of para-hydroxylation sites is 1. The van der Waals surface area contributed by atoms with Crippen molar-refractivity contribution in [1.82, 2.24) is 5.43 Å². The molecule has 1 saturated carbocycles. The molecule has 0 aromatic heterocycles. The molecule has 1 fully saturated rings. The topological polar surface area (TPSA) is 47.9 Å². The first-order valence-electron chi connectivity index (χ1n) is 7.45. The Hall–Kier alpha value is -1.53. The van der Waals surface area contributed by atoms with Crippen molar-refractivity contribution in [2.24, 2.45) is 11.3 Å². The lowest BCUT2D eigenvalue weighted by atomic mass is 9.68. The van der Waals surface area contributed by atoms with Crippen molar-refractivity contribution in [1.29, 1.82) is 5.26 Å². The summed E-state index contributed by atoms with van der Waals surface area (Å²) in [6, 6.07) is 12.4.